The van der Waals surface area contributed by atoms with Crippen LogP contribution in [0.2, 0.25) is 0 Å². The minimum atomic E-state index is -0.347. The van der Waals surface area contributed by atoms with Crippen LogP contribution >= 0.6 is 0 Å². The molecule has 0 bridgehead atoms. The lowest BCUT2D eigenvalue weighted by Gasteiger charge is -2.35. The normalized spacial score (nSPS) is 20.3. The highest BCUT2D eigenvalue weighted by molar-refractivity contribution is 5.84. The molecule has 2 atom stereocenters. The lowest BCUT2D eigenvalue weighted by molar-refractivity contribution is -0.130. The quantitative estimate of drug-likeness (QED) is 0.154. The number of carbonyl (C=O) groups is 2. The average molecular weight is 902 g/mol. The topological polar surface area (TPSA) is 208 Å². The molecular formula is C47H79N15O3. The number of anilines is 6. The van der Waals surface area contributed by atoms with Crippen LogP contribution in [-0.4, -0.2) is 145 Å². The highest BCUT2D eigenvalue weighted by atomic mass is 16.5. The molecule has 1 aliphatic carbocycles. The van der Waals surface area contributed by atoms with Gasteiger partial charge in [-0.25, -0.2) is 15.0 Å². The van der Waals surface area contributed by atoms with Gasteiger partial charge in [0.2, 0.25) is 29.7 Å². The molecule has 2 amide bonds. The fourth-order valence-corrected chi connectivity index (χ4v) is 8.34. The van der Waals surface area contributed by atoms with Gasteiger partial charge in [-0.15, -0.1) is 0 Å². The summed E-state index contributed by atoms with van der Waals surface area (Å²) < 4.78 is 5.59. The van der Waals surface area contributed by atoms with E-state index >= 15 is 0 Å². The molecule has 0 spiro atoms. The zero-order valence-corrected chi connectivity index (χ0v) is 41.2. The summed E-state index contributed by atoms with van der Waals surface area (Å²) in [7, 11) is 5.51. The summed E-state index contributed by atoms with van der Waals surface area (Å²) in [5.41, 5.74) is 8.44. The van der Waals surface area contributed by atoms with Gasteiger partial charge in [0.25, 0.3) is 0 Å². The zero-order valence-electron chi connectivity index (χ0n) is 41.2. The molecule has 3 aromatic rings. The van der Waals surface area contributed by atoms with Crippen molar-refractivity contribution in [1.82, 2.24) is 40.1 Å². The number of aromatic nitrogens is 6. The number of piperazine rings is 1. The first-order valence-electron chi connectivity index (χ1n) is 23.9. The van der Waals surface area contributed by atoms with Crippen LogP contribution in [0.3, 0.4) is 0 Å². The van der Waals surface area contributed by atoms with Gasteiger partial charge < -0.3 is 51.3 Å². The molecule has 4 aliphatic rings. The van der Waals surface area contributed by atoms with E-state index in [4.69, 9.17) is 10.5 Å². The third-order valence-corrected chi connectivity index (χ3v) is 12.7. The third kappa shape index (κ3) is 14.2. The maximum absolute atomic E-state index is 12.9. The molecule has 3 aromatic heterocycles. The molecule has 360 valence electrons. The van der Waals surface area contributed by atoms with Gasteiger partial charge >= 0.3 is 0 Å². The Labute approximate surface area is 388 Å². The van der Waals surface area contributed by atoms with Crippen LogP contribution in [0.5, 0.6) is 0 Å². The smallest absolute Gasteiger partial charge is 0.228 e. The number of nitrogens with zero attached hydrogens (tertiary/aromatic N) is 10. The van der Waals surface area contributed by atoms with Gasteiger partial charge in [0, 0.05) is 111 Å². The molecule has 0 aromatic carbocycles. The van der Waals surface area contributed by atoms with Crippen molar-refractivity contribution >= 4 is 47.1 Å². The Balaban J connectivity index is 0.000000186. The van der Waals surface area contributed by atoms with Crippen molar-refractivity contribution in [1.29, 1.82) is 0 Å². The second kappa shape index (κ2) is 23.9. The second-order valence-corrected chi connectivity index (χ2v) is 18.8. The Bertz CT molecular complexity index is 1990. The summed E-state index contributed by atoms with van der Waals surface area (Å²) in [5, 5.41) is 12.4. The van der Waals surface area contributed by atoms with Crippen LogP contribution in [0.1, 0.15) is 129 Å². The maximum atomic E-state index is 12.9. The van der Waals surface area contributed by atoms with Gasteiger partial charge in [-0.3, -0.25) is 9.59 Å². The van der Waals surface area contributed by atoms with Crippen molar-refractivity contribution in [2.45, 2.75) is 124 Å². The van der Waals surface area contributed by atoms with Gasteiger partial charge in [-0.1, -0.05) is 60.8 Å². The van der Waals surface area contributed by atoms with E-state index < -0.39 is 0 Å². The van der Waals surface area contributed by atoms with Gasteiger partial charge in [0.05, 0.1) is 35.2 Å². The SMILES string of the molecule is CNc1nc(C(C)C)cc(N2CCN(C(C)=O)CC2)n1.CNc1nc(C(C)C)cc(N2CCO[C@H](CN)C2)n1.CNc1nc(C(C)C)cc(N2CC[C@@](C)(C(=O)NC3CCCCC3)C2)n1. The molecule has 4 fully saturated rings. The lowest BCUT2D eigenvalue weighted by Crippen LogP contribution is -2.48. The number of nitrogens with one attached hydrogen (secondary N) is 4. The first-order valence-corrected chi connectivity index (χ1v) is 23.9. The average Bonchev–Trinajstić information content (AvgIpc) is 3.74. The van der Waals surface area contributed by atoms with E-state index in [2.05, 4.69) is 133 Å². The summed E-state index contributed by atoms with van der Waals surface area (Å²) >= 11 is 0. The Hall–Kier alpha value is -5.10. The summed E-state index contributed by atoms with van der Waals surface area (Å²) in [6.45, 7) is 24.1. The predicted molar refractivity (Wildman–Crippen MR) is 262 cm³/mol. The van der Waals surface area contributed by atoms with Crippen molar-refractivity contribution in [3.05, 3.63) is 35.3 Å². The fourth-order valence-electron chi connectivity index (χ4n) is 8.34. The molecule has 0 radical (unpaired) electrons. The number of rotatable bonds is 12. The third-order valence-electron chi connectivity index (χ3n) is 12.7. The Kier molecular flexibility index (Phi) is 18.7. The number of ether oxygens (including phenoxy) is 1. The van der Waals surface area contributed by atoms with Crippen LogP contribution in [0.25, 0.3) is 0 Å². The largest absolute Gasteiger partial charge is 0.373 e. The van der Waals surface area contributed by atoms with Gasteiger partial charge in [-0.05, 0) is 43.9 Å². The number of morpholine rings is 1. The Morgan fingerprint density at radius 1 is 0.692 bits per heavy atom. The standard InChI is InChI=1S/C20H33N5O.C14H23N5O.C13H23N5O/c1-14(2)16-12-17(24-19(21-4)23-16)25-11-10-20(3,13-25)18(26)22-15-8-6-5-7-9-15;1-10(2)12-9-13(17-14(15-4)16-12)19-7-5-18(6-8-19)11(3)20;1-9(2)11-6-12(17-13(15-3)16-11)18-4-5-19-10(7-14)8-18/h12,14-15H,5-11,13H2,1-4H3,(H,22,26)(H,21,23,24);9-10H,5-8H2,1-4H3,(H,15,16,17);6,9-10H,4-5,7-8,14H2,1-3H3,(H,15,16,17)/t20-;;10-/m1.1/s1. The predicted octanol–water partition coefficient (Wildman–Crippen LogP) is 5.42. The lowest BCUT2D eigenvalue weighted by atomic mass is 9.87. The highest BCUT2D eigenvalue weighted by Crippen LogP contribution is 2.35. The molecule has 65 heavy (non-hydrogen) atoms. The molecular weight excluding hydrogens is 823 g/mol. The molecule has 18 heteroatoms. The van der Waals surface area contributed by atoms with E-state index in [1.165, 1.54) is 19.3 Å². The number of amides is 2. The van der Waals surface area contributed by atoms with Crippen molar-refractivity contribution in [2.24, 2.45) is 11.1 Å². The number of hydrogen-bond donors (Lipinski definition) is 5. The molecule has 3 aliphatic heterocycles. The number of nitrogens with two attached hydrogens (primary N) is 1. The zero-order chi connectivity index (χ0) is 47.3. The molecule has 3 saturated heterocycles. The molecule has 0 unspecified atom stereocenters. The van der Waals surface area contributed by atoms with Gasteiger partial charge in [0.1, 0.15) is 17.5 Å². The fraction of sp³-hybridized carbons (Fsp3) is 0.702. The first kappa shape index (κ1) is 50.9. The minimum Gasteiger partial charge on any atom is -0.373 e. The monoisotopic (exact) mass is 902 g/mol. The van der Waals surface area contributed by atoms with E-state index in [0.29, 0.717) is 61.3 Å². The van der Waals surface area contributed by atoms with E-state index in [0.717, 1.165) is 99.6 Å². The molecule has 1 saturated carbocycles. The van der Waals surface area contributed by atoms with Crippen LogP contribution in [0, 0.1) is 5.41 Å². The van der Waals surface area contributed by atoms with Crippen molar-refractivity contribution in [3.8, 4) is 0 Å². The van der Waals surface area contributed by atoms with Crippen LogP contribution in [-0.2, 0) is 14.3 Å². The minimum absolute atomic E-state index is 0.0873. The summed E-state index contributed by atoms with van der Waals surface area (Å²) in [5.74, 6) is 6.20. The molecule has 7 rings (SSSR count). The molecule has 6 N–H and O–H groups in total. The van der Waals surface area contributed by atoms with Crippen LogP contribution in [0.4, 0.5) is 35.3 Å². The molecule has 6 heterocycles. The van der Waals surface area contributed by atoms with E-state index in [1.54, 1.807) is 6.92 Å². The van der Waals surface area contributed by atoms with E-state index in [1.807, 2.05) is 26.0 Å². The van der Waals surface area contributed by atoms with Crippen molar-refractivity contribution < 1.29 is 14.3 Å². The van der Waals surface area contributed by atoms with Crippen LogP contribution in [0.15, 0.2) is 18.2 Å². The highest BCUT2D eigenvalue weighted by Gasteiger charge is 2.42. The Morgan fingerprint density at radius 2 is 1.17 bits per heavy atom. The van der Waals surface area contributed by atoms with Crippen molar-refractivity contribution in [3.63, 3.8) is 0 Å². The number of hydrogen-bond acceptors (Lipinski definition) is 16. The Morgan fingerprint density at radius 3 is 1.62 bits per heavy atom. The summed E-state index contributed by atoms with van der Waals surface area (Å²) in [6, 6.07) is 6.54. The van der Waals surface area contributed by atoms with Crippen LogP contribution < -0.4 is 41.7 Å². The summed E-state index contributed by atoms with van der Waals surface area (Å²) in [4.78, 5) is 60.0. The van der Waals surface area contributed by atoms with Gasteiger partial charge in [-0.2, -0.15) is 15.0 Å². The van der Waals surface area contributed by atoms with Gasteiger partial charge in [0.15, 0.2) is 0 Å². The van der Waals surface area contributed by atoms with Crippen molar-refractivity contribution in [2.75, 3.05) is 117 Å². The summed E-state index contributed by atoms with van der Waals surface area (Å²) in [6.07, 6.45) is 6.98. The second-order valence-electron chi connectivity index (χ2n) is 18.8. The first-order chi connectivity index (χ1) is 31.1. The molecule has 18 nitrogen and oxygen atoms in total. The number of carbonyl (C=O) groups excluding carboxylic acids is 2. The maximum Gasteiger partial charge on any atom is 0.228 e. The van der Waals surface area contributed by atoms with E-state index in [-0.39, 0.29) is 23.3 Å². The van der Waals surface area contributed by atoms with E-state index in [9.17, 15) is 9.59 Å².